The van der Waals surface area contributed by atoms with Crippen molar-refractivity contribution < 1.29 is 8.42 Å². The molecule has 0 bridgehead atoms. The predicted octanol–water partition coefficient (Wildman–Crippen LogP) is 0.184. The van der Waals surface area contributed by atoms with E-state index in [1.807, 2.05) is 0 Å². The van der Waals surface area contributed by atoms with Crippen LogP contribution in [0.1, 0.15) is 0 Å². The first-order valence-corrected chi connectivity index (χ1v) is 6.43. The maximum absolute atomic E-state index is 11.1. The highest BCUT2D eigenvalue weighted by Crippen LogP contribution is 2.14. The molecular formula is C6H9N3O2S2. The number of sulfone groups is 1. The Bertz CT molecular complexity index is 416. The van der Waals surface area contributed by atoms with Crippen LogP contribution in [0.3, 0.4) is 0 Å². The molecule has 0 aliphatic carbocycles. The molecule has 0 fully saturated rings. The van der Waals surface area contributed by atoms with Gasteiger partial charge in [-0.1, -0.05) is 11.8 Å². The van der Waals surface area contributed by atoms with Crippen LogP contribution >= 0.6 is 11.8 Å². The van der Waals surface area contributed by atoms with Gasteiger partial charge in [0.15, 0.2) is 20.0 Å². The van der Waals surface area contributed by atoms with Crippen molar-refractivity contribution in [3.05, 3.63) is 6.07 Å². The normalized spacial score (nSPS) is 11.5. The van der Waals surface area contributed by atoms with Crippen molar-refractivity contribution in [1.82, 2.24) is 9.97 Å². The Morgan fingerprint density at radius 2 is 2.08 bits per heavy atom. The molecule has 0 aliphatic rings. The number of thioether (sulfide) groups is 1. The largest absolute Gasteiger partial charge is 0.384 e. The third kappa shape index (κ3) is 2.56. The Balaban J connectivity index is 3.33. The topological polar surface area (TPSA) is 85.9 Å². The van der Waals surface area contributed by atoms with Crippen LogP contribution in [0.25, 0.3) is 0 Å². The van der Waals surface area contributed by atoms with Crippen molar-refractivity contribution in [2.45, 2.75) is 10.2 Å². The molecule has 1 aromatic rings. The summed E-state index contributed by atoms with van der Waals surface area (Å²) in [5.41, 5.74) is 5.40. The highest BCUT2D eigenvalue weighted by molar-refractivity contribution is 7.98. The summed E-state index contributed by atoms with van der Waals surface area (Å²) in [5.74, 6) is 0.166. The summed E-state index contributed by atoms with van der Waals surface area (Å²) in [6, 6.07) is 1.25. The summed E-state index contributed by atoms with van der Waals surface area (Å²) < 4.78 is 22.2. The van der Waals surface area contributed by atoms with Crippen molar-refractivity contribution >= 4 is 27.4 Å². The average Bonchev–Trinajstić information content (AvgIpc) is 2.01. The van der Waals surface area contributed by atoms with Gasteiger partial charge in [0, 0.05) is 12.3 Å². The third-order valence-electron chi connectivity index (χ3n) is 1.26. The molecular weight excluding hydrogens is 210 g/mol. The Morgan fingerprint density at radius 3 is 2.54 bits per heavy atom. The van der Waals surface area contributed by atoms with Gasteiger partial charge >= 0.3 is 0 Å². The van der Waals surface area contributed by atoms with E-state index in [2.05, 4.69) is 9.97 Å². The second kappa shape index (κ2) is 3.51. The number of anilines is 1. The summed E-state index contributed by atoms with van der Waals surface area (Å²) in [6.45, 7) is 0. The van der Waals surface area contributed by atoms with E-state index in [0.29, 0.717) is 5.16 Å². The second-order valence-electron chi connectivity index (χ2n) is 2.39. The maximum Gasteiger partial charge on any atom is 0.192 e. The molecule has 72 valence electrons. The molecule has 0 atom stereocenters. The van der Waals surface area contributed by atoms with Crippen molar-refractivity contribution in [3.63, 3.8) is 0 Å². The van der Waals surface area contributed by atoms with E-state index < -0.39 is 9.84 Å². The Hall–Kier alpha value is -0.820. The number of aromatic nitrogens is 2. The highest BCUT2D eigenvalue weighted by Gasteiger charge is 2.11. The number of rotatable bonds is 2. The molecule has 0 unspecified atom stereocenters. The maximum atomic E-state index is 11.1. The molecule has 13 heavy (non-hydrogen) atoms. The van der Waals surface area contributed by atoms with Gasteiger partial charge in [0.1, 0.15) is 5.82 Å². The van der Waals surface area contributed by atoms with Crippen molar-refractivity contribution in [1.29, 1.82) is 0 Å². The van der Waals surface area contributed by atoms with Crippen LogP contribution in [0, 0.1) is 0 Å². The van der Waals surface area contributed by atoms with Crippen LogP contribution in [-0.2, 0) is 9.84 Å². The van der Waals surface area contributed by atoms with Crippen molar-refractivity contribution in [2.75, 3.05) is 18.2 Å². The van der Waals surface area contributed by atoms with E-state index >= 15 is 0 Å². The van der Waals surface area contributed by atoms with Crippen LogP contribution in [0.15, 0.2) is 16.2 Å². The molecule has 5 nitrogen and oxygen atoms in total. The molecule has 0 aromatic carbocycles. The lowest BCUT2D eigenvalue weighted by atomic mass is 10.6. The number of nitrogens with two attached hydrogens (primary N) is 1. The van der Waals surface area contributed by atoms with Gasteiger partial charge in [-0.25, -0.2) is 18.4 Å². The molecule has 0 spiro atoms. The van der Waals surface area contributed by atoms with E-state index in [1.165, 1.54) is 17.8 Å². The summed E-state index contributed by atoms with van der Waals surface area (Å²) in [5, 5.41) is 0.324. The minimum atomic E-state index is -3.30. The third-order valence-corrected chi connectivity index (χ3v) is 2.78. The lowest BCUT2D eigenvalue weighted by molar-refractivity contribution is 0.596. The first-order valence-electron chi connectivity index (χ1n) is 3.32. The Kier molecular flexibility index (Phi) is 2.77. The molecule has 0 saturated carbocycles. The molecule has 0 amide bonds. The van der Waals surface area contributed by atoms with Gasteiger partial charge in [-0.15, -0.1) is 0 Å². The van der Waals surface area contributed by atoms with E-state index in [1.54, 1.807) is 6.26 Å². The van der Waals surface area contributed by atoms with Gasteiger partial charge in [0.25, 0.3) is 0 Å². The quantitative estimate of drug-likeness (QED) is 0.434. The Labute approximate surface area is 80.7 Å². The molecule has 0 saturated heterocycles. The summed E-state index contributed by atoms with van der Waals surface area (Å²) >= 11 is 1.25. The summed E-state index contributed by atoms with van der Waals surface area (Å²) in [6.07, 6.45) is 2.83. The van der Waals surface area contributed by atoms with Crippen LogP contribution in [0.4, 0.5) is 5.82 Å². The average molecular weight is 219 g/mol. The lowest BCUT2D eigenvalue weighted by Crippen LogP contribution is -2.04. The van der Waals surface area contributed by atoms with E-state index in [-0.39, 0.29) is 10.8 Å². The van der Waals surface area contributed by atoms with Crippen molar-refractivity contribution in [3.8, 4) is 0 Å². The summed E-state index contributed by atoms with van der Waals surface area (Å²) in [7, 11) is -3.30. The predicted molar refractivity (Wildman–Crippen MR) is 51.3 cm³/mol. The highest BCUT2D eigenvalue weighted by atomic mass is 32.2. The first-order chi connectivity index (χ1) is 5.93. The van der Waals surface area contributed by atoms with Crippen LogP contribution in [0.2, 0.25) is 0 Å². The monoisotopic (exact) mass is 219 g/mol. The second-order valence-corrected chi connectivity index (χ2v) is 5.13. The fourth-order valence-electron chi connectivity index (χ4n) is 0.702. The SMILES string of the molecule is CSc1nc(N)cc(S(C)(=O)=O)n1. The van der Waals surface area contributed by atoms with E-state index in [0.717, 1.165) is 6.26 Å². The van der Waals surface area contributed by atoms with Gasteiger partial charge in [-0.3, -0.25) is 0 Å². The van der Waals surface area contributed by atoms with E-state index in [9.17, 15) is 8.42 Å². The zero-order valence-electron chi connectivity index (χ0n) is 7.18. The zero-order chi connectivity index (χ0) is 10.1. The van der Waals surface area contributed by atoms with Crippen LogP contribution < -0.4 is 5.73 Å². The van der Waals surface area contributed by atoms with Gasteiger partial charge < -0.3 is 5.73 Å². The zero-order valence-corrected chi connectivity index (χ0v) is 8.82. The molecule has 0 aliphatic heterocycles. The molecule has 2 N–H and O–H groups in total. The number of hydrogen-bond donors (Lipinski definition) is 1. The fourth-order valence-corrected chi connectivity index (χ4v) is 1.73. The molecule has 1 heterocycles. The molecule has 1 rings (SSSR count). The number of hydrogen-bond acceptors (Lipinski definition) is 6. The van der Waals surface area contributed by atoms with Gasteiger partial charge in [0.2, 0.25) is 0 Å². The standard InChI is InChI=1S/C6H9N3O2S2/c1-12-6-8-4(7)3-5(9-6)13(2,10)11/h3H,1-2H3,(H2,7,8,9). The molecule has 7 heteroatoms. The molecule has 1 aromatic heterocycles. The minimum absolute atomic E-state index is 0.0376. The van der Waals surface area contributed by atoms with Gasteiger partial charge in [0.05, 0.1) is 0 Å². The fraction of sp³-hybridized carbons (Fsp3) is 0.333. The first kappa shape index (κ1) is 10.3. The van der Waals surface area contributed by atoms with Gasteiger partial charge in [-0.05, 0) is 6.26 Å². The number of nitrogens with zero attached hydrogens (tertiary/aromatic N) is 2. The van der Waals surface area contributed by atoms with Crippen molar-refractivity contribution in [2.24, 2.45) is 0 Å². The van der Waals surface area contributed by atoms with Crippen LogP contribution in [0.5, 0.6) is 0 Å². The molecule has 0 radical (unpaired) electrons. The van der Waals surface area contributed by atoms with E-state index in [4.69, 9.17) is 5.73 Å². The van der Waals surface area contributed by atoms with Crippen LogP contribution in [-0.4, -0.2) is 30.9 Å². The lowest BCUT2D eigenvalue weighted by Gasteiger charge is -2.00. The summed E-state index contributed by atoms with van der Waals surface area (Å²) in [4.78, 5) is 7.64. The van der Waals surface area contributed by atoms with Gasteiger partial charge in [-0.2, -0.15) is 0 Å². The minimum Gasteiger partial charge on any atom is -0.384 e. The Morgan fingerprint density at radius 1 is 1.46 bits per heavy atom. The number of nitrogen functional groups attached to an aromatic ring is 1. The smallest absolute Gasteiger partial charge is 0.192 e.